The van der Waals surface area contributed by atoms with Crippen molar-refractivity contribution in [3.63, 3.8) is 0 Å². The van der Waals surface area contributed by atoms with E-state index in [1.807, 2.05) is 36.2 Å². The summed E-state index contributed by atoms with van der Waals surface area (Å²) in [6.45, 7) is 3.96. The first kappa shape index (κ1) is 24.3. The molecule has 1 N–H and O–H groups in total. The molecule has 1 saturated heterocycles. The van der Waals surface area contributed by atoms with Crippen molar-refractivity contribution in [2.45, 2.75) is 32.1 Å². The van der Waals surface area contributed by atoms with Crippen molar-refractivity contribution >= 4 is 12.4 Å². The summed E-state index contributed by atoms with van der Waals surface area (Å²) >= 11 is 0. The fraction of sp³-hybridized carbons (Fsp3) is 0.478. The molecule has 0 saturated carbocycles. The summed E-state index contributed by atoms with van der Waals surface area (Å²) in [4.78, 5) is 34.2. The van der Waals surface area contributed by atoms with Gasteiger partial charge >= 0.3 is 0 Å². The van der Waals surface area contributed by atoms with Gasteiger partial charge in [0.25, 0.3) is 12.4 Å². The minimum absolute atomic E-state index is 0.0283. The lowest BCUT2D eigenvalue weighted by molar-refractivity contribution is -0.122. The fourth-order valence-corrected chi connectivity index (χ4v) is 3.60. The number of benzene rings is 1. The van der Waals surface area contributed by atoms with E-state index in [0.29, 0.717) is 17.3 Å². The third-order valence-corrected chi connectivity index (χ3v) is 5.22. The molecule has 168 valence electrons. The van der Waals surface area contributed by atoms with Crippen LogP contribution in [0, 0.1) is 0 Å². The smallest absolute Gasteiger partial charge is 0.290 e. The first-order valence-corrected chi connectivity index (χ1v) is 10.6. The van der Waals surface area contributed by atoms with Crippen LogP contribution in [0.2, 0.25) is 0 Å². The summed E-state index contributed by atoms with van der Waals surface area (Å²) in [5.74, 6) is 1.09. The predicted molar refractivity (Wildman–Crippen MR) is 119 cm³/mol. The molecule has 0 radical (unpaired) electrons. The standard InChI is InChI=1S/C22H30N4O2.CH2O2/c1-25(13-8-16-26-14-5-3-4-6-15-26)22(27)19-10-7-9-18(17-19)21-23-12-11-20(24-21)28-2;2-1-3/h7,9-12,17H,3-6,8,13-16H2,1-2H3;1H,(H,2,3). The van der Waals surface area contributed by atoms with E-state index >= 15 is 0 Å². The lowest BCUT2D eigenvalue weighted by Crippen LogP contribution is -2.32. The Labute approximate surface area is 183 Å². The van der Waals surface area contributed by atoms with E-state index in [1.165, 1.54) is 38.8 Å². The summed E-state index contributed by atoms with van der Waals surface area (Å²) in [5, 5.41) is 6.89. The molecule has 0 atom stereocenters. The van der Waals surface area contributed by atoms with Gasteiger partial charge in [-0.1, -0.05) is 25.0 Å². The molecule has 3 rings (SSSR count). The van der Waals surface area contributed by atoms with E-state index in [0.717, 1.165) is 25.1 Å². The van der Waals surface area contributed by atoms with Crippen molar-refractivity contribution in [1.29, 1.82) is 0 Å². The van der Waals surface area contributed by atoms with Crippen LogP contribution in [-0.2, 0) is 4.79 Å². The van der Waals surface area contributed by atoms with E-state index in [1.54, 1.807) is 19.4 Å². The second kappa shape index (κ2) is 13.3. The van der Waals surface area contributed by atoms with E-state index < -0.39 is 0 Å². The lowest BCUT2D eigenvalue weighted by atomic mass is 10.1. The summed E-state index contributed by atoms with van der Waals surface area (Å²) in [5.41, 5.74) is 1.46. The largest absolute Gasteiger partial charge is 0.483 e. The SMILES string of the molecule is COc1ccnc(-c2cccc(C(=O)N(C)CCCN3CCCCCC3)c2)n1.O=CO. The van der Waals surface area contributed by atoms with Gasteiger partial charge < -0.3 is 19.6 Å². The highest BCUT2D eigenvalue weighted by Gasteiger charge is 2.14. The van der Waals surface area contributed by atoms with Crippen LogP contribution in [0.25, 0.3) is 11.4 Å². The molecule has 1 aliphatic heterocycles. The van der Waals surface area contributed by atoms with E-state index in [9.17, 15) is 4.79 Å². The highest BCUT2D eigenvalue weighted by molar-refractivity contribution is 5.95. The first-order valence-electron chi connectivity index (χ1n) is 10.6. The van der Waals surface area contributed by atoms with Crippen LogP contribution in [0.4, 0.5) is 0 Å². The molecule has 2 heterocycles. The molecule has 1 amide bonds. The number of hydrogen-bond donors (Lipinski definition) is 1. The molecule has 1 fully saturated rings. The minimum Gasteiger partial charge on any atom is -0.483 e. The molecule has 0 spiro atoms. The second-order valence-corrected chi connectivity index (χ2v) is 7.44. The number of carboxylic acid groups (broad SMARTS) is 1. The Balaban J connectivity index is 0.00000107. The number of rotatable bonds is 7. The average Bonchev–Trinajstić information content (AvgIpc) is 3.08. The van der Waals surface area contributed by atoms with Crippen LogP contribution in [-0.4, -0.2) is 77.6 Å². The summed E-state index contributed by atoms with van der Waals surface area (Å²) < 4.78 is 5.16. The molecule has 1 aromatic heterocycles. The van der Waals surface area contributed by atoms with Crippen molar-refractivity contribution in [2.75, 3.05) is 40.3 Å². The Morgan fingerprint density at radius 1 is 1.23 bits per heavy atom. The Hall–Kier alpha value is -3.00. The monoisotopic (exact) mass is 428 g/mol. The zero-order chi connectivity index (χ0) is 22.5. The number of hydrogen-bond acceptors (Lipinski definition) is 6. The van der Waals surface area contributed by atoms with E-state index in [-0.39, 0.29) is 12.4 Å². The number of methoxy groups -OCH3 is 1. The maximum absolute atomic E-state index is 12.8. The van der Waals surface area contributed by atoms with Crippen LogP contribution in [0.3, 0.4) is 0 Å². The van der Waals surface area contributed by atoms with Gasteiger partial charge in [-0.15, -0.1) is 0 Å². The third kappa shape index (κ3) is 7.97. The van der Waals surface area contributed by atoms with Gasteiger partial charge in [-0.25, -0.2) is 4.98 Å². The zero-order valence-corrected chi connectivity index (χ0v) is 18.4. The van der Waals surface area contributed by atoms with Gasteiger partial charge in [0.05, 0.1) is 7.11 Å². The lowest BCUT2D eigenvalue weighted by Gasteiger charge is -2.22. The molecule has 8 heteroatoms. The third-order valence-electron chi connectivity index (χ3n) is 5.22. The van der Waals surface area contributed by atoms with Crippen LogP contribution in [0.5, 0.6) is 5.88 Å². The number of carbonyl (C=O) groups excluding carboxylic acids is 1. The Kier molecular flexibility index (Phi) is 10.4. The molecular weight excluding hydrogens is 396 g/mol. The summed E-state index contributed by atoms with van der Waals surface area (Å²) in [7, 11) is 3.45. The topological polar surface area (TPSA) is 95.9 Å². The molecule has 8 nitrogen and oxygen atoms in total. The number of amides is 1. The molecular formula is C23H32N4O4. The van der Waals surface area contributed by atoms with E-state index in [4.69, 9.17) is 14.6 Å². The number of nitrogens with zero attached hydrogens (tertiary/aromatic N) is 4. The van der Waals surface area contributed by atoms with Crippen LogP contribution in [0.1, 0.15) is 42.5 Å². The Bertz CT molecular complexity index is 823. The quantitative estimate of drug-likeness (QED) is 0.677. The van der Waals surface area contributed by atoms with E-state index in [2.05, 4.69) is 14.9 Å². The Morgan fingerprint density at radius 3 is 2.61 bits per heavy atom. The van der Waals surface area contributed by atoms with Crippen LogP contribution in [0.15, 0.2) is 36.5 Å². The molecule has 2 aromatic rings. The maximum Gasteiger partial charge on any atom is 0.290 e. The number of aromatic nitrogens is 2. The van der Waals surface area contributed by atoms with Gasteiger partial charge in [0.15, 0.2) is 5.82 Å². The van der Waals surface area contributed by atoms with Gasteiger partial charge in [-0.2, -0.15) is 4.98 Å². The van der Waals surface area contributed by atoms with Crippen LogP contribution < -0.4 is 4.74 Å². The molecule has 0 aliphatic carbocycles. The Morgan fingerprint density at radius 2 is 1.94 bits per heavy atom. The van der Waals surface area contributed by atoms with Gasteiger partial charge in [0, 0.05) is 37.0 Å². The number of ether oxygens (including phenoxy) is 1. The number of likely N-dealkylation sites (tertiary alicyclic amines) is 1. The molecule has 0 unspecified atom stereocenters. The highest BCUT2D eigenvalue weighted by Crippen LogP contribution is 2.19. The summed E-state index contributed by atoms with van der Waals surface area (Å²) in [6.07, 6.45) is 7.96. The van der Waals surface area contributed by atoms with Crippen molar-refractivity contribution in [2.24, 2.45) is 0 Å². The van der Waals surface area contributed by atoms with Gasteiger partial charge in [0.1, 0.15) is 0 Å². The van der Waals surface area contributed by atoms with Gasteiger partial charge in [0.2, 0.25) is 5.88 Å². The van der Waals surface area contributed by atoms with Crippen LogP contribution >= 0.6 is 0 Å². The second-order valence-electron chi connectivity index (χ2n) is 7.44. The zero-order valence-electron chi connectivity index (χ0n) is 18.4. The van der Waals surface area contributed by atoms with Crippen molar-refractivity contribution in [3.8, 4) is 17.3 Å². The molecule has 31 heavy (non-hydrogen) atoms. The van der Waals surface area contributed by atoms with Crippen molar-refractivity contribution in [1.82, 2.24) is 19.8 Å². The maximum atomic E-state index is 12.8. The highest BCUT2D eigenvalue weighted by atomic mass is 16.5. The average molecular weight is 429 g/mol. The fourth-order valence-electron chi connectivity index (χ4n) is 3.60. The van der Waals surface area contributed by atoms with Crippen molar-refractivity contribution < 1.29 is 19.4 Å². The molecule has 0 bridgehead atoms. The van der Waals surface area contributed by atoms with Gasteiger partial charge in [-0.05, 0) is 51.0 Å². The predicted octanol–water partition coefficient (Wildman–Crippen LogP) is 3.19. The first-order chi connectivity index (χ1) is 15.1. The summed E-state index contributed by atoms with van der Waals surface area (Å²) in [6, 6.07) is 9.18. The minimum atomic E-state index is -0.250. The van der Waals surface area contributed by atoms with Gasteiger partial charge in [-0.3, -0.25) is 9.59 Å². The molecule has 1 aliphatic rings. The normalized spacial score (nSPS) is 14.0. The number of carbonyl (C=O) groups is 2. The van der Waals surface area contributed by atoms with Crippen molar-refractivity contribution in [3.05, 3.63) is 42.1 Å². The molecule has 1 aromatic carbocycles.